The first-order valence-corrected chi connectivity index (χ1v) is 7.87. The van der Waals surface area contributed by atoms with Crippen molar-refractivity contribution in [2.24, 2.45) is 0 Å². The fourth-order valence-corrected chi connectivity index (χ4v) is 3.19. The summed E-state index contributed by atoms with van der Waals surface area (Å²) in [6, 6.07) is 1.19. The average molecular weight is 328 g/mol. The maximum absolute atomic E-state index is 13.3. The van der Waals surface area contributed by atoms with Crippen LogP contribution in [0.2, 0.25) is 0 Å². The molecule has 2 unspecified atom stereocenters. The van der Waals surface area contributed by atoms with Crippen molar-refractivity contribution in [3.05, 3.63) is 17.5 Å². The number of rotatable bonds is 3. The molecule has 3 heterocycles. The highest BCUT2D eigenvalue weighted by Gasteiger charge is 2.44. The Hall–Kier alpha value is -1.54. The van der Waals surface area contributed by atoms with E-state index in [4.69, 9.17) is 4.74 Å². The molecule has 8 heteroatoms. The molecule has 0 radical (unpaired) electrons. The van der Waals surface area contributed by atoms with E-state index in [1.54, 1.807) is 4.90 Å². The van der Waals surface area contributed by atoms with Crippen LogP contribution in [0, 0.1) is 13.8 Å². The van der Waals surface area contributed by atoms with Crippen LogP contribution in [0.1, 0.15) is 17.8 Å². The smallest absolute Gasteiger partial charge is 0.262 e. The molecule has 3 rings (SSSR count). The first-order chi connectivity index (χ1) is 10.8. The normalized spacial score (nSPS) is 27.4. The molecule has 2 fully saturated rings. The summed E-state index contributed by atoms with van der Waals surface area (Å²) in [5, 5.41) is 7.01. The van der Waals surface area contributed by atoms with E-state index in [0.717, 1.165) is 11.4 Å². The maximum atomic E-state index is 13.3. The Kier molecular flexibility index (Phi) is 4.37. The molecule has 2 atom stereocenters. The van der Waals surface area contributed by atoms with Gasteiger partial charge in [-0.3, -0.25) is 14.8 Å². The molecule has 0 spiro atoms. The molecule has 1 aromatic heterocycles. The minimum Gasteiger partial charge on any atom is -0.373 e. The van der Waals surface area contributed by atoms with Gasteiger partial charge in [0.15, 0.2) is 0 Å². The molecule has 0 aromatic carbocycles. The van der Waals surface area contributed by atoms with Gasteiger partial charge >= 0.3 is 0 Å². The molecule has 6 nitrogen and oxygen atoms in total. The summed E-state index contributed by atoms with van der Waals surface area (Å²) in [7, 11) is 0. The van der Waals surface area contributed by atoms with Crippen molar-refractivity contribution in [1.82, 2.24) is 20.0 Å². The fraction of sp³-hybridized carbons (Fsp3) is 0.733. The van der Waals surface area contributed by atoms with Gasteiger partial charge in [-0.15, -0.1) is 0 Å². The lowest BCUT2D eigenvalue weighted by Crippen LogP contribution is -2.52. The minimum atomic E-state index is -2.80. The minimum absolute atomic E-state index is 0.174. The Labute approximate surface area is 133 Å². The molecule has 128 valence electrons. The monoisotopic (exact) mass is 328 g/mol. The average Bonchev–Trinajstić information content (AvgIpc) is 3.00. The molecule has 2 saturated heterocycles. The number of aryl methyl sites for hydroxylation is 2. The first-order valence-electron chi connectivity index (χ1n) is 7.87. The number of halogens is 2. The van der Waals surface area contributed by atoms with Crippen molar-refractivity contribution in [2.45, 2.75) is 44.9 Å². The zero-order valence-electron chi connectivity index (χ0n) is 13.4. The van der Waals surface area contributed by atoms with Gasteiger partial charge in [-0.05, 0) is 19.9 Å². The maximum Gasteiger partial charge on any atom is 0.262 e. The number of alkyl halides is 2. The Balaban J connectivity index is 1.60. The van der Waals surface area contributed by atoms with Crippen molar-refractivity contribution in [3.63, 3.8) is 0 Å². The second kappa shape index (κ2) is 6.16. The van der Waals surface area contributed by atoms with Gasteiger partial charge < -0.3 is 9.64 Å². The third kappa shape index (κ3) is 3.69. The van der Waals surface area contributed by atoms with Crippen LogP contribution in [0.5, 0.6) is 0 Å². The first kappa shape index (κ1) is 16.3. The third-order valence-electron chi connectivity index (χ3n) is 4.34. The number of nitrogens with zero attached hydrogens (tertiary/aromatic N) is 3. The Morgan fingerprint density at radius 1 is 1.52 bits per heavy atom. The highest BCUT2D eigenvalue weighted by Crippen LogP contribution is 2.26. The molecule has 2 aliphatic heterocycles. The van der Waals surface area contributed by atoms with E-state index in [9.17, 15) is 13.6 Å². The lowest BCUT2D eigenvalue weighted by atomic mass is 10.1. The number of morpholine rings is 1. The number of hydrogen-bond donors (Lipinski definition) is 1. The van der Waals surface area contributed by atoms with E-state index in [2.05, 4.69) is 10.4 Å². The van der Waals surface area contributed by atoms with Crippen LogP contribution in [0.25, 0.3) is 0 Å². The summed E-state index contributed by atoms with van der Waals surface area (Å²) >= 11 is 0. The summed E-state index contributed by atoms with van der Waals surface area (Å²) in [6.07, 6.45) is -0.599. The lowest BCUT2D eigenvalue weighted by molar-refractivity contribution is -0.141. The van der Waals surface area contributed by atoms with E-state index >= 15 is 0 Å². The van der Waals surface area contributed by atoms with Crippen LogP contribution in [-0.2, 0) is 16.1 Å². The van der Waals surface area contributed by atoms with Gasteiger partial charge in [-0.25, -0.2) is 8.78 Å². The molecule has 1 aromatic rings. The number of carbonyl (C=O) groups is 1. The van der Waals surface area contributed by atoms with Crippen molar-refractivity contribution in [3.8, 4) is 0 Å². The van der Waals surface area contributed by atoms with E-state index in [1.807, 2.05) is 24.6 Å². The molecular weight excluding hydrogens is 306 g/mol. The largest absolute Gasteiger partial charge is 0.373 e. The number of aromatic nitrogens is 2. The molecule has 23 heavy (non-hydrogen) atoms. The fourth-order valence-electron chi connectivity index (χ4n) is 3.19. The molecule has 2 aliphatic rings. The predicted molar refractivity (Wildman–Crippen MR) is 79.4 cm³/mol. The standard InChI is InChI=1S/C15H22F2N4O2/c1-10-5-11(2)21(19-10)8-12-7-20(3-4-23-12)14(22)13-6-15(16,17)9-18-13/h5,12-13,18H,3-4,6-9H2,1-2H3. The highest BCUT2D eigenvalue weighted by atomic mass is 19.3. The van der Waals surface area contributed by atoms with Crippen molar-refractivity contribution in [2.75, 3.05) is 26.2 Å². The van der Waals surface area contributed by atoms with Crippen LogP contribution in [0.4, 0.5) is 8.78 Å². The van der Waals surface area contributed by atoms with Crippen LogP contribution < -0.4 is 5.32 Å². The Morgan fingerprint density at radius 2 is 2.30 bits per heavy atom. The van der Waals surface area contributed by atoms with Gasteiger partial charge in [0, 0.05) is 25.2 Å². The molecule has 0 aliphatic carbocycles. The van der Waals surface area contributed by atoms with E-state index in [-0.39, 0.29) is 12.0 Å². The zero-order valence-corrected chi connectivity index (χ0v) is 13.4. The Bertz CT molecular complexity index is 590. The Morgan fingerprint density at radius 3 is 2.91 bits per heavy atom. The second-order valence-corrected chi connectivity index (χ2v) is 6.38. The van der Waals surface area contributed by atoms with Gasteiger partial charge in [0.25, 0.3) is 5.92 Å². The molecule has 0 bridgehead atoms. The SMILES string of the molecule is Cc1cc(C)n(CC2CN(C(=O)C3CC(F)(F)CN3)CCO2)n1. The summed E-state index contributed by atoms with van der Waals surface area (Å²) in [6.45, 7) is 5.28. The topological polar surface area (TPSA) is 59.4 Å². The van der Waals surface area contributed by atoms with Crippen molar-refractivity contribution < 1.29 is 18.3 Å². The summed E-state index contributed by atoms with van der Waals surface area (Å²) < 4.78 is 34.1. The van der Waals surface area contributed by atoms with Gasteiger partial charge in [-0.2, -0.15) is 5.10 Å². The lowest BCUT2D eigenvalue weighted by Gasteiger charge is -2.34. The molecule has 1 amide bonds. The number of carbonyl (C=O) groups excluding carboxylic acids is 1. The predicted octanol–water partition coefficient (Wildman–Crippen LogP) is 0.725. The van der Waals surface area contributed by atoms with E-state index in [0.29, 0.717) is 26.2 Å². The van der Waals surface area contributed by atoms with Gasteiger partial charge in [0.1, 0.15) is 0 Å². The molecule has 0 saturated carbocycles. The van der Waals surface area contributed by atoms with Crippen LogP contribution >= 0.6 is 0 Å². The van der Waals surface area contributed by atoms with Gasteiger partial charge in [0.2, 0.25) is 5.91 Å². The van der Waals surface area contributed by atoms with Crippen molar-refractivity contribution >= 4 is 5.91 Å². The summed E-state index contributed by atoms with van der Waals surface area (Å²) in [4.78, 5) is 14.0. The van der Waals surface area contributed by atoms with Gasteiger partial charge in [-0.1, -0.05) is 0 Å². The van der Waals surface area contributed by atoms with Crippen LogP contribution in [0.3, 0.4) is 0 Å². The van der Waals surface area contributed by atoms with Crippen LogP contribution in [-0.4, -0.2) is 64.9 Å². The summed E-state index contributed by atoms with van der Waals surface area (Å²) in [5.41, 5.74) is 1.97. The second-order valence-electron chi connectivity index (χ2n) is 6.38. The quantitative estimate of drug-likeness (QED) is 0.888. The van der Waals surface area contributed by atoms with Crippen molar-refractivity contribution in [1.29, 1.82) is 0 Å². The molecular formula is C15H22F2N4O2. The van der Waals surface area contributed by atoms with E-state index < -0.39 is 24.9 Å². The number of hydrogen-bond acceptors (Lipinski definition) is 4. The summed E-state index contributed by atoms with van der Waals surface area (Å²) in [5.74, 6) is -3.06. The highest BCUT2D eigenvalue weighted by molar-refractivity contribution is 5.82. The molecule has 1 N–H and O–H groups in total. The van der Waals surface area contributed by atoms with Crippen LogP contribution in [0.15, 0.2) is 6.07 Å². The van der Waals surface area contributed by atoms with Gasteiger partial charge in [0.05, 0.1) is 37.5 Å². The third-order valence-corrected chi connectivity index (χ3v) is 4.34. The number of nitrogens with one attached hydrogen (secondary N) is 1. The number of ether oxygens (including phenoxy) is 1. The van der Waals surface area contributed by atoms with E-state index in [1.165, 1.54) is 0 Å². The zero-order chi connectivity index (χ0) is 16.6. The number of amides is 1.